The summed E-state index contributed by atoms with van der Waals surface area (Å²) in [4.78, 5) is 25.3. The molecule has 0 saturated heterocycles. The molecule has 0 aliphatic heterocycles. The molecule has 0 aliphatic carbocycles. The highest BCUT2D eigenvalue weighted by molar-refractivity contribution is 5.95. The fraction of sp³-hybridized carbons (Fsp3) is 0.529. The molecular weight excluding hydrogens is 282 g/mol. The van der Waals surface area contributed by atoms with Crippen LogP contribution in [0, 0.1) is 18.8 Å². The van der Waals surface area contributed by atoms with Gasteiger partial charge in [0.2, 0.25) is 5.91 Å². The molecule has 1 amide bonds. The van der Waals surface area contributed by atoms with E-state index < -0.39 is 11.9 Å². The smallest absolute Gasteiger partial charge is 0.308 e. The van der Waals surface area contributed by atoms with Gasteiger partial charge in [0.25, 0.3) is 0 Å². The summed E-state index contributed by atoms with van der Waals surface area (Å²) in [6.07, 6.45) is 0.365. The molecule has 1 aromatic carbocycles. The second-order valence-electron chi connectivity index (χ2n) is 6.02. The minimum absolute atomic E-state index is 0.0907. The van der Waals surface area contributed by atoms with Crippen LogP contribution in [0.1, 0.15) is 32.8 Å². The van der Waals surface area contributed by atoms with Gasteiger partial charge in [0.1, 0.15) is 5.75 Å². The number of hydrogen-bond acceptors (Lipinski definition) is 3. The first kappa shape index (κ1) is 18.0. The maximum atomic E-state index is 12.6. The minimum Gasteiger partial charge on any atom is -0.495 e. The Morgan fingerprint density at radius 2 is 1.91 bits per heavy atom. The zero-order valence-corrected chi connectivity index (χ0v) is 13.9. The van der Waals surface area contributed by atoms with Crippen LogP contribution in [-0.2, 0) is 9.59 Å². The maximum absolute atomic E-state index is 12.6. The van der Waals surface area contributed by atoms with Gasteiger partial charge in [-0.1, -0.05) is 26.8 Å². The second kappa shape index (κ2) is 7.82. The van der Waals surface area contributed by atoms with E-state index in [-0.39, 0.29) is 18.4 Å². The monoisotopic (exact) mass is 307 g/mol. The van der Waals surface area contributed by atoms with Crippen LogP contribution in [0.25, 0.3) is 0 Å². The number of amides is 1. The van der Waals surface area contributed by atoms with Gasteiger partial charge in [0.05, 0.1) is 18.7 Å². The topological polar surface area (TPSA) is 66.8 Å². The average molecular weight is 307 g/mol. The predicted octanol–water partition coefficient (Wildman–Crippen LogP) is 3.10. The molecule has 1 rings (SSSR count). The van der Waals surface area contributed by atoms with Crippen LogP contribution in [0.15, 0.2) is 18.2 Å². The molecule has 0 saturated carbocycles. The molecule has 0 aromatic heterocycles. The maximum Gasteiger partial charge on any atom is 0.308 e. The predicted molar refractivity (Wildman–Crippen MR) is 86.3 cm³/mol. The number of carboxylic acids is 1. The van der Waals surface area contributed by atoms with Crippen LogP contribution < -0.4 is 9.64 Å². The molecule has 1 unspecified atom stereocenters. The van der Waals surface area contributed by atoms with E-state index >= 15 is 0 Å². The van der Waals surface area contributed by atoms with Gasteiger partial charge in [-0.3, -0.25) is 9.59 Å². The number of aliphatic carboxylic acids is 1. The van der Waals surface area contributed by atoms with Crippen molar-refractivity contribution >= 4 is 17.6 Å². The molecule has 0 heterocycles. The van der Waals surface area contributed by atoms with Gasteiger partial charge in [-0.25, -0.2) is 0 Å². The standard InChI is InChI=1S/C17H25NO4/c1-11(2)8-16(19)18(10-13(4)17(20)21)14-9-12(3)6-7-15(14)22-5/h6-7,9,11,13H,8,10H2,1-5H3,(H,20,21). The number of carbonyl (C=O) groups is 2. The van der Waals surface area contributed by atoms with E-state index in [9.17, 15) is 9.59 Å². The Labute approximate surface area is 131 Å². The molecule has 5 nitrogen and oxygen atoms in total. The Hall–Kier alpha value is -2.04. The molecule has 1 aromatic rings. The summed E-state index contributed by atoms with van der Waals surface area (Å²) in [5.41, 5.74) is 1.61. The van der Waals surface area contributed by atoms with Gasteiger partial charge < -0.3 is 14.7 Å². The summed E-state index contributed by atoms with van der Waals surface area (Å²) in [6.45, 7) is 7.57. The van der Waals surface area contributed by atoms with Crippen molar-refractivity contribution in [3.8, 4) is 5.75 Å². The molecule has 0 fully saturated rings. The Bertz CT molecular complexity index is 539. The van der Waals surface area contributed by atoms with E-state index in [0.29, 0.717) is 17.9 Å². The van der Waals surface area contributed by atoms with Gasteiger partial charge in [-0.05, 0) is 30.5 Å². The van der Waals surface area contributed by atoms with Crippen molar-refractivity contribution in [1.82, 2.24) is 0 Å². The van der Waals surface area contributed by atoms with Crippen LogP contribution in [0.4, 0.5) is 5.69 Å². The van der Waals surface area contributed by atoms with Crippen molar-refractivity contribution in [2.45, 2.75) is 34.1 Å². The number of benzene rings is 1. The highest BCUT2D eigenvalue weighted by atomic mass is 16.5. The summed E-state index contributed by atoms with van der Waals surface area (Å²) in [6, 6.07) is 5.55. The van der Waals surface area contributed by atoms with Crippen molar-refractivity contribution in [3.63, 3.8) is 0 Å². The van der Waals surface area contributed by atoms with Crippen LogP contribution in [0.5, 0.6) is 5.75 Å². The van der Waals surface area contributed by atoms with Crippen molar-refractivity contribution in [3.05, 3.63) is 23.8 Å². The first-order valence-corrected chi connectivity index (χ1v) is 7.44. The lowest BCUT2D eigenvalue weighted by atomic mass is 10.1. The highest BCUT2D eigenvalue weighted by Crippen LogP contribution is 2.31. The van der Waals surface area contributed by atoms with Gasteiger partial charge in [-0.2, -0.15) is 0 Å². The lowest BCUT2D eigenvalue weighted by Gasteiger charge is -2.27. The largest absolute Gasteiger partial charge is 0.495 e. The van der Waals surface area contributed by atoms with E-state index in [0.717, 1.165) is 5.56 Å². The van der Waals surface area contributed by atoms with Crippen molar-refractivity contribution in [2.24, 2.45) is 11.8 Å². The summed E-state index contributed by atoms with van der Waals surface area (Å²) < 4.78 is 5.34. The van der Waals surface area contributed by atoms with Crippen molar-refractivity contribution in [2.75, 3.05) is 18.6 Å². The van der Waals surface area contributed by atoms with E-state index in [1.54, 1.807) is 20.1 Å². The molecule has 0 bridgehead atoms. The quantitative estimate of drug-likeness (QED) is 0.840. The Balaban J connectivity index is 3.21. The number of hydrogen-bond donors (Lipinski definition) is 1. The average Bonchev–Trinajstić information content (AvgIpc) is 2.43. The molecule has 0 spiro atoms. The fourth-order valence-corrected chi connectivity index (χ4v) is 2.16. The number of nitrogens with zero attached hydrogens (tertiary/aromatic N) is 1. The second-order valence-corrected chi connectivity index (χ2v) is 6.02. The molecule has 0 radical (unpaired) electrons. The first-order chi connectivity index (χ1) is 10.3. The number of carboxylic acid groups (broad SMARTS) is 1. The summed E-state index contributed by atoms with van der Waals surface area (Å²) in [5.74, 6) is -0.895. The zero-order chi connectivity index (χ0) is 16.9. The van der Waals surface area contributed by atoms with E-state index in [4.69, 9.17) is 9.84 Å². The minimum atomic E-state index is -0.922. The molecule has 5 heteroatoms. The third-order valence-electron chi connectivity index (χ3n) is 3.39. The van der Waals surface area contributed by atoms with Crippen molar-refractivity contribution < 1.29 is 19.4 Å². The van der Waals surface area contributed by atoms with E-state index in [1.165, 1.54) is 4.90 Å². The third kappa shape index (κ3) is 4.76. The number of ether oxygens (including phenoxy) is 1. The molecule has 122 valence electrons. The lowest BCUT2D eigenvalue weighted by molar-refractivity contribution is -0.140. The summed E-state index contributed by atoms with van der Waals surface area (Å²) in [7, 11) is 1.54. The van der Waals surface area contributed by atoms with Crippen molar-refractivity contribution in [1.29, 1.82) is 0 Å². The normalized spacial score (nSPS) is 12.1. The van der Waals surface area contributed by atoms with E-state index in [1.807, 2.05) is 32.9 Å². The molecule has 1 N–H and O–H groups in total. The molecule has 0 aliphatic rings. The van der Waals surface area contributed by atoms with Gasteiger partial charge in [0, 0.05) is 13.0 Å². The third-order valence-corrected chi connectivity index (χ3v) is 3.39. The Kier molecular flexibility index (Phi) is 6.40. The number of carbonyl (C=O) groups excluding carboxylic acids is 1. The first-order valence-electron chi connectivity index (χ1n) is 7.44. The number of methoxy groups -OCH3 is 1. The number of aryl methyl sites for hydroxylation is 1. The van der Waals surface area contributed by atoms with E-state index in [2.05, 4.69) is 0 Å². The Morgan fingerprint density at radius 3 is 2.41 bits per heavy atom. The number of anilines is 1. The lowest BCUT2D eigenvalue weighted by Crippen LogP contribution is -2.37. The Morgan fingerprint density at radius 1 is 1.27 bits per heavy atom. The summed E-state index contributed by atoms with van der Waals surface area (Å²) in [5, 5.41) is 9.15. The number of rotatable bonds is 7. The highest BCUT2D eigenvalue weighted by Gasteiger charge is 2.25. The van der Waals surface area contributed by atoms with Crippen LogP contribution in [-0.4, -0.2) is 30.6 Å². The van der Waals surface area contributed by atoms with Crippen LogP contribution in [0.2, 0.25) is 0 Å². The van der Waals surface area contributed by atoms with Crippen LogP contribution >= 0.6 is 0 Å². The summed E-state index contributed by atoms with van der Waals surface area (Å²) >= 11 is 0. The SMILES string of the molecule is COc1ccc(C)cc1N(CC(C)C(=O)O)C(=O)CC(C)C. The molecule has 1 atom stereocenters. The molecule has 22 heavy (non-hydrogen) atoms. The van der Waals surface area contributed by atoms with Gasteiger partial charge in [-0.15, -0.1) is 0 Å². The van der Waals surface area contributed by atoms with Gasteiger partial charge >= 0.3 is 5.97 Å². The molecular formula is C17H25NO4. The van der Waals surface area contributed by atoms with Gasteiger partial charge in [0.15, 0.2) is 0 Å². The zero-order valence-electron chi connectivity index (χ0n) is 13.9. The fourth-order valence-electron chi connectivity index (χ4n) is 2.16. The van der Waals surface area contributed by atoms with Crippen LogP contribution in [0.3, 0.4) is 0 Å².